The van der Waals surface area contributed by atoms with Crippen LogP contribution in [0.25, 0.3) is 6.08 Å². The molecule has 0 atom stereocenters. The van der Waals surface area contributed by atoms with Crippen molar-refractivity contribution in [1.29, 1.82) is 0 Å². The maximum Gasteiger partial charge on any atom is 0.246 e. The Morgan fingerprint density at radius 3 is 2.68 bits per heavy atom. The van der Waals surface area contributed by atoms with Gasteiger partial charge in [-0.25, -0.2) is 0 Å². The summed E-state index contributed by atoms with van der Waals surface area (Å²) in [5.41, 5.74) is 0.928. The minimum Gasteiger partial charge on any atom is -0.454 e. The number of rotatable bonds is 6. The number of carbonyl (C=O) groups is 1. The average Bonchev–Trinajstić information content (AvgIpc) is 3.08. The minimum atomic E-state index is 0.0476. The van der Waals surface area contributed by atoms with Gasteiger partial charge in [0.15, 0.2) is 11.5 Å². The molecule has 2 aliphatic rings. The van der Waals surface area contributed by atoms with Gasteiger partial charge in [-0.3, -0.25) is 4.79 Å². The van der Waals surface area contributed by atoms with Crippen LogP contribution in [0.5, 0.6) is 11.5 Å². The highest BCUT2D eigenvalue weighted by Gasteiger charge is 2.24. The largest absolute Gasteiger partial charge is 0.454 e. The van der Waals surface area contributed by atoms with Crippen molar-refractivity contribution < 1.29 is 19.0 Å². The normalized spacial score (nSPS) is 17.4. The van der Waals surface area contributed by atoms with Crippen LogP contribution in [0.2, 0.25) is 0 Å². The zero-order chi connectivity index (χ0) is 17.6. The van der Waals surface area contributed by atoms with Crippen LogP contribution in [-0.2, 0) is 9.53 Å². The first kappa shape index (κ1) is 17.8. The number of hydrogen-bond acceptors (Lipinski definition) is 5. The van der Waals surface area contributed by atoms with E-state index in [0.717, 1.165) is 56.2 Å². The molecule has 0 aliphatic carbocycles. The Morgan fingerprint density at radius 1 is 1.16 bits per heavy atom. The van der Waals surface area contributed by atoms with Crippen LogP contribution < -0.4 is 9.47 Å². The van der Waals surface area contributed by atoms with Gasteiger partial charge in [-0.1, -0.05) is 6.07 Å². The Balaban J connectivity index is 1.67. The van der Waals surface area contributed by atoms with Crippen molar-refractivity contribution in [2.75, 3.05) is 47.2 Å². The van der Waals surface area contributed by atoms with Gasteiger partial charge in [0.2, 0.25) is 12.7 Å². The zero-order valence-electron chi connectivity index (χ0n) is 14.9. The quantitative estimate of drug-likeness (QED) is 0.738. The first-order valence-electron chi connectivity index (χ1n) is 8.74. The Labute approximate surface area is 148 Å². The smallest absolute Gasteiger partial charge is 0.246 e. The molecule has 0 radical (unpaired) electrons. The van der Waals surface area contributed by atoms with Crippen molar-refractivity contribution in [3.8, 4) is 11.5 Å². The third-order valence-electron chi connectivity index (χ3n) is 4.52. The molecular weight excluding hydrogens is 320 g/mol. The minimum absolute atomic E-state index is 0.0476. The van der Waals surface area contributed by atoms with Crippen LogP contribution in [0.15, 0.2) is 24.3 Å². The van der Waals surface area contributed by atoms with Crippen molar-refractivity contribution in [1.82, 2.24) is 9.80 Å². The molecule has 0 N–H and O–H groups in total. The van der Waals surface area contributed by atoms with E-state index in [1.54, 1.807) is 6.08 Å². The molecular formula is C19H26N2O4. The van der Waals surface area contributed by atoms with Gasteiger partial charge in [-0.2, -0.15) is 0 Å². The summed E-state index contributed by atoms with van der Waals surface area (Å²) in [6.07, 6.45) is 5.29. The molecule has 6 nitrogen and oxygen atoms in total. The Morgan fingerprint density at radius 2 is 1.92 bits per heavy atom. The highest BCUT2D eigenvalue weighted by molar-refractivity contribution is 5.92. The number of ether oxygens (including phenoxy) is 3. The molecule has 6 heteroatoms. The molecule has 2 aliphatic heterocycles. The third-order valence-corrected chi connectivity index (χ3v) is 4.52. The van der Waals surface area contributed by atoms with Crippen LogP contribution in [0, 0.1) is 0 Å². The second-order valence-electron chi connectivity index (χ2n) is 6.62. The van der Waals surface area contributed by atoms with Gasteiger partial charge < -0.3 is 24.0 Å². The lowest BCUT2D eigenvalue weighted by Gasteiger charge is -2.34. The summed E-state index contributed by atoms with van der Waals surface area (Å²) in [4.78, 5) is 16.9. The maximum atomic E-state index is 12.8. The number of likely N-dealkylation sites (N-methyl/N-ethyl adjacent to an activating group) is 1. The molecule has 1 saturated heterocycles. The van der Waals surface area contributed by atoms with Gasteiger partial charge in [-0.05, 0) is 50.7 Å². The van der Waals surface area contributed by atoms with E-state index in [2.05, 4.69) is 4.90 Å². The van der Waals surface area contributed by atoms with Gasteiger partial charge >= 0.3 is 0 Å². The number of amides is 1. The highest BCUT2D eigenvalue weighted by Crippen LogP contribution is 2.32. The molecule has 0 saturated carbocycles. The number of benzene rings is 1. The Bertz CT molecular complexity index is 624. The molecule has 1 aromatic rings. The molecule has 1 aromatic carbocycles. The van der Waals surface area contributed by atoms with Gasteiger partial charge in [-0.15, -0.1) is 0 Å². The van der Waals surface area contributed by atoms with E-state index >= 15 is 0 Å². The summed E-state index contributed by atoms with van der Waals surface area (Å²) in [7, 11) is 4.05. The van der Waals surface area contributed by atoms with Crippen molar-refractivity contribution in [2.45, 2.75) is 18.9 Å². The molecule has 2 heterocycles. The van der Waals surface area contributed by atoms with Crippen molar-refractivity contribution >= 4 is 12.0 Å². The molecule has 0 aromatic heterocycles. The van der Waals surface area contributed by atoms with Crippen molar-refractivity contribution in [3.05, 3.63) is 29.8 Å². The maximum absolute atomic E-state index is 12.8. The summed E-state index contributed by atoms with van der Waals surface area (Å²) >= 11 is 0. The van der Waals surface area contributed by atoms with Crippen LogP contribution in [0.4, 0.5) is 0 Å². The molecule has 1 fully saturated rings. The van der Waals surface area contributed by atoms with E-state index in [1.165, 1.54) is 0 Å². The fourth-order valence-electron chi connectivity index (χ4n) is 3.06. The number of fused-ring (bicyclic) bond motifs is 1. The highest BCUT2D eigenvalue weighted by atomic mass is 16.7. The number of hydrogen-bond donors (Lipinski definition) is 0. The van der Waals surface area contributed by atoms with Crippen molar-refractivity contribution in [3.63, 3.8) is 0 Å². The summed E-state index contributed by atoms with van der Waals surface area (Å²) in [6.45, 7) is 3.27. The first-order valence-corrected chi connectivity index (χ1v) is 8.74. The summed E-state index contributed by atoms with van der Waals surface area (Å²) in [5.74, 6) is 1.52. The average molecular weight is 346 g/mol. The van der Waals surface area contributed by atoms with Crippen LogP contribution in [0.1, 0.15) is 18.4 Å². The van der Waals surface area contributed by atoms with Gasteiger partial charge in [0, 0.05) is 38.4 Å². The second-order valence-corrected chi connectivity index (χ2v) is 6.62. The number of nitrogens with zero attached hydrogens (tertiary/aromatic N) is 2. The molecule has 0 unspecified atom stereocenters. The topological polar surface area (TPSA) is 51.2 Å². The van der Waals surface area contributed by atoms with E-state index in [0.29, 0.717) is 0 Å². The Hall–Kier alpha value is -2.05. The lowest BCUT2D eigenvalue weighted by Crippen LogP contribution is -2.45. The van der Waals surface area contributed by atoms with Crippen molar-refractivity contribution in [2.24, 2.45) is 0 Å². The number of carbonyl (C=O) groups excluding carboxylic acids is 1. The molecule has 3 rings (SSSR count). The predicted molar refractivity (Wildman–Crippen MR) is 95.7 cm³/mol. The molecule has 1 amide bonds. The van der Waals surface area contributed by atoms with E-state index in [4.69, 9.17) is 14.2 Å². The fraction of sp³-hybridized carbons (Fsp3) is 0.526. The van der Waals surface area contributed by atoms with Gasteiger partial charge in [0.1, 0.15) is 0 Å². The van der Waals surface area contributed by atoms with E-state index in [-0.39, 0.29) is 18.7 Å². The van der Waals surface area contributed by atoms with Crippen LogP contribution in [0.3, 0.4) is 0 Å². The molecule has 0 bridgehead atoms. The van der Waals surface area contributed by atoms with E-state index < -0.39 is 0 Å². The second kappa shape index (κ2) is 8.36. The summed E-state index contributed by atoms with van der Waals surface area (Å²) in [6, 6.07) is 5.94. The SMILES string of the molecule is CN(C)CCN(C(=O)/C=C/c1ccc2c(c1)OCO2)C1CCOCC1. The van der Waals surface area contributed by atoms with Gasteiger partial charge in [0.25, 0.3) is 0 Å². The standard InChI is InChI=1S/C19H26N2O4/c1-20(2)9-10-21(16-7-11-23-12-8-16)19(22)6-4-15-3-5-17-18(13-15)25-14-24-17/h3-6,13,16H,7-12,14H2,1-2H3/b6-4+. The summed E-state index contributed by atoms with van der Waals surface area (Å²) < 4.78 is 16.1. The Kier molecular flexibility index (Phi) is 5.94. The monoisotopic (exact) mass is 346 g/mol. The lowest BCUT2D eigenvalue weighted by molar-refractivity contribution is -0.130. The fourth-order valence-corrected chi connectivity index (χ4v) is 3.06. The predicted octanol–water partition coefficient (Wildman–Crippen LogP) is 2.00. The van der Waals surface area contributed by atoms with Crippen LogP contribution >= 0.6 is 0 Å². The molecule has 136 valence electrons. The van der Waals surface area contributed by atoms with Crippen LogP contribution in [-0.4, -0.2) is 68.9 Å². The molecule has 25 heavy (non-hydrogen) atoms. The van der Waals surface area contributed by atoms with E-state index in [1.807, 2.05) is 43.3 Å². The summed E-state index contributed by atoms with van der Waals surface area (Å²) in [5, 5.41) is 0. The zero-order valence-corrected chi connectivity index (χ0v) is 14.9. The lowest BCUT2D eigenvalue weighted by atomic mass is 10.1. The first-order chi connectivity index (χ1) is 12.1. The third kappa shape index (κ3) is 4.74. The van der Waals surface area contributed by atoms with Gasteiger partial charge in [0.05, 0.1) is 0 Å². The van der Waals surface area contributed by atoms with E-state index in [9.17, 15) is 4.79 Å². The molecule has 0 spiro atoms.